The van der Waals surface area contributed by atoms with Crippen molar-refractivity contribution in [2.45, 2.75) is 65.3 Å². The van der Waals surface area contributed by atoms with Crippen molar-refractivity contribution in [3.8, 4) is 0 Å². The number of aromatic nitrogens is 1. The smallest absolute Gasteiger partial charge is 0.0403 e. The minimum Gasteiger partial charge on any atom is -0.314 e. The van der Waals surface area contributed by atoms with Crippen LogP contribution in [0.5, 0.6) is 0 Å². The van der Waals surface area contributed by atoms with Crippen molar-refractivity contribution in [1.29, 1.82) is 0 Å². The maximum absolute atomic E-state index is 4.51. The molecule has 0 amide bonds. The molecule has 1 unspecified atom stereocenters. The zero-order valence-corrected chi connectivity index (χ0v) is 12.2. The Bertz CT molecular complexity index is 305. The van der Waals surface area contributed by atoms with E-state index in [1.54, 1.807) is 0 Å². The van der Waals surface area contributed by atoms with E-state index in [1.807, 2.05) is 6.20 Å². The first-order valence-electron chi connectivity index (χ1n) is 7.47. The van der Waals surface area contributed by atoms with Gasteiger partial charge in [0.15, 0.2) is 0 Å². The fourth-order valence-corrected chi connectivity index (χ4v) is 2.14. The van der Waals surface area contributed by atoms with Crippen LogP contribution >= 0.6 is 0 Å². The van der Waals surface area contributed by atoms with Gasteiger partial charge in [-0.1, -0.05) is 26.8 Å². The molecule has 1 aromatic heterocycles. The Kier molecular flexibility index (Phi) is 7.66. The minimum atomic E-state index is 0.680. The van der Waals surface area contributed by atoms with Crippen LogP contribution in [0, 0.1) is 0 Å². The second kappa shape index (κ2) is 9.09. The molecule has 0 saturated heterocycles. The molecule has 0 radical (unpaired) electrons. The van der Waals surface area contributed by atoms with Crippen molar-refractivity contribution >= 4 is 0 Å². The fourth-order valence-electron chi connectivity index (χ4n) is 2.14. The van der Waals surface area contributed by atoms with Gasteiger partial charge < -0.3 is 5.32 Å². The number of nitrogens with one attached hydrogen (secondary N) is 1. The summed E-state index contributed by atoms with van der Waals surface area (Å²) in [7, 11) is 0. The normalized spacial score (nSPS) is 12.6. The highest BCUT2D eigenvalue weighted by Crippen LogP contribution is 2.08. The molecule has 0 aliphatic carbocycles. The molecule has 102 valence electrons. The Morgan fingerprint density at radius 2 is 2.06 bits per heavy atom. The number of hydrogen-bond donors (Lipinski definition) is 1. The van der Waals surface area contributed by atoms with Crippen LogP contribution in [0.1, 0.15) is 57.7 Å². The summed E-state index contributed by atoms with van der Waals surface area (Å²) in [5.74, 6) is 0. The molecule has 1 aromatic rings. The number of hydrogen-bond acceptors (Lipinski definition) is 2. The lowest BCUT2D eigenvalue weighted by atomic mass is 10.1. The van der Waals surface area contributed by atoms with Gasteiger partial charge in [-0.3, -0.25) is 4.98 Å². The molecule has 1 rings (SSSR count). The summed E-state index contributed by atoms with van der Waals surface area (Å²) in [6.45, 7) is 7.80. The van der Waals surface area contributed by atoms with Crippen molar-refractivity contribution in [1.82, 2.24) is 10.3 Å². The molecular weight excluding hydrogens is 220 g/mol. The zero-order chi connectivity index (χ0) is 13.2. The van der Waals surface area contributed by atoms with E-state index < -0.39 is 0 Å². The number of nitrogens with zero attached hydrogens (tertiary/aromatic N) is 1. The maximum Gasteiger partial charge on any atom is 0.0403 e. The summed E-state index contributed by atoms with van der Waals surface area (Å²) >= 11 is 0. The van der Waals surface area contributed by atoms with Crippen LogP contribution < -0.4 is 5.32 Å². The monoisotopic (exact) mass is 248 g/mol. The predicted octanol–water partition coefficient (Wildman–Crippen LogP) is 3.74. The molecule has 1 heterocycles. The van der Waals surface area contributed by atoms with Gasteiger partial charge in [-0.15, -0.1) is 0 Å². The third-order valence-electron chi connectivity index (χ3n) is 3.46. The van der Waals surface area contributed by atoms with Gasteiger partial charge in [0.1, 0.15) is 0 Å². The van der Waals surface area contributed by atoms with Gasteiger partial charge in [-0.25, -0.2) is 0 Å². The Morgan fingerprint density at radius 1 is 1.22 bits per heavy atom. The molecule has 1 N–H and O–H groups in total. The van der Waals surface area contributed by atoms with Crippen LogP contribution in [0.25, 0.3) is 0 Å². The SMILES string of the molecule is CCCNC(CC)CCCc1ccc(CC)cn1. The van der Waals surface area contributed by atoms with Gasteiger partial charge in [0.05, 0.1) is 0 Å². The van der Waals surface area contributed by atoms with E-state index in [-0.39, 0.29) is 0 Å². The summed E-state index contributed by atoms with van der Waals surface area (Å²) in [6, 6.07) is 5.06. The maximum atomic E-state index is 4.51. The fraction of sp³-hybridized carbons (Fsp3) is 0.688. The molecule has 0 spiro atoms. The van der Waals surface area contributed by atoms with Crippen LogP contribution in [-0.4, -0.2) is 17.6 Å². The molecule has 0 aromatic carbocycles. The standard InChI is InChI=1S/C16H28N2/c1-4-12-17-15(6-3)8-7-9-16-11-10-14(5-2)13-18-16/h10-11,13,15,17H,4-9,12H2,1-3H3. The summed E-state index contributed by atoms with van der Waals surface area (Å²) in [4.78, 5) is 4.51. The lowest BCUT2D eigenvalue weighted by molar-refractivity contribution is 0.455. The molecule has 18 heavy (non-hydrogen) atoms. The lowest BCUT2D eigenvalue weighted by Gasteiger charge is -2.16. The molecule has 0 aliphatic heterocycles. The predicted molar refractivity (Wildman–Crippen MR) is 78.9 cm³/mol. The Balaban J connectivity index is 2.26. The van der Waals surface area contributed by atoms with Crippen molar-refractivity contribution in [2.24, 2.45) is 0 Å². The van der Waals surface area contributed by atoms with Crippen LogP contribution in [0.2, 0.25) is 0 Å². The first-order chi connectivity index (χ1) is 8.80. The number of pyridine rings is 1. The van der Waals surface area contributed by atoms with Gasteiger partial charge in [0.2, 0.25) is 0 Å². The second-order valence-corrected chi connectivity index (χ2v) is 4.96. The van der Waals surface area contributed by atoms with Crippen molar-refractivity contribution < 1.29 is 0 Å². The van der Waals surface area contributed by atoms with Crippen molar-refractivity contribution in [2.75, 3.05) is 6.54 Å². The van der Waals surface area contributed by atoms with Gasteiger partial charge in [0, 0.05) is 17.9 Å². The average Bonchev–Trinajstić information content (AvgIpc) is 2.43. The first kappa shape index (κ1) is 15.2. The van der Waals surface area contributed by atoms with E-state index in [9.17, 15) is 0 Å². The third-order valence-corrected chi connectivity index (χ3v) is 3.46. The minimum absolute atomic E-state index is 0.680. The number of rotatable bonds is 9. The Morgan fingerprint density at radius 3 is 2.61 bits per heavy atom. The topological polar surface area (TPSA) is 24.9 Å². The quantitative estimate of drug-likeness (QED) is 0.720. The van der Waals surface area contributed by atoms with Crippen molar-refractivity contribution in [3.63, 3.8) is 0 Å². The van der Waals surface area contributed by atoms with Crippen LogP contribution in [-0.2, 0) is 12.8 Å². The third kappa shape index (κ3) is 5.63. The van der Waals surface area contributed by atoms with Gasteiger partial charge >= 0.3 is 0 Å². The molecule has 0 aliphatic rings. The molecular formula is C16H28N2. The van der Waals surface area contributed by atoms with Gasteiger partial charge in [-0.2, -0.15) is 0 Å². The highest BCUT2D eigenvalue weighted by molar-refractivity contribution is 5.13. The zero-order valence-electron chi connectivity index (χ0n) is 12.2. The van der Waals surface area contributed by atoms with Crippen LogP contribution in [0.4, 0.5) is 0 Å². The highest BCUT2D eigenvalue weighted by atomic mass is 14.9. The van der Waals surface area contributed by atoms with Crippen LogP contribution in [0.15, 0.2) is 18.3 Å². The highest BCUT2D eigenvalue weighted by Gasteiger charge is 2.04. The van der Waals surface area contributed by atoms with Crippen LogP contribution in [0.3, 0.4) is 0 Å². The molecule has 0 fully saturated rings. The lowest BCUT2D eigenvalue weighted by Crippen LogP contribution is -2.29. The molecule has 1 atom stereocenters. The molecule has 2 nitrogen and oxygen atoms in total. The van der Waals surface area contributed by atoms with E-state index >= 15 is 0 Å². The average molecular weight is 248 g/mol. The second-order valence-electron chi connectivity index (χ2n) is 4.96. The molecule has 0 bridgehead atoms. The molecule has 0 saturated carbocycles. The van der Waals surface area contributed by atoms with E-state index in [1.165, 1.54) is 36.9 Å². The van der Waals surface area contributed by atoms with Gasteiger partial charge in [0.25, 0.3) is 0 Å². The summed E-state index contributed by atoms with van der Waals surface area (Å²) in [5, 5.41) is 3.60. The van der Waals surface area contributed by atoms with Gasteiger partial charge in [-0.05, 0) is 56.7 Å². The van der Waals surface area contributed by atoms with E-state index in [0.29, 0.717) is 6.04 Å². The summed E-state index contributed by atoms with van der Waals surface area (Å²) < 4.78 is 0. The van der Waals surface area contributed by atoms with E-state index in [0.717, 1.165) is 19.4 Å². The van der Waals surface area contributed by atoms with Crippen molar-refractivity contribution in [3.05, 3.63) is 29.6 Å². The Hall–Kier alpha value is -0.890. The Labute approximate surface area is 112 Å². The number of aryl methyl sites for hydroxylation is 2. The summed E-state index contributed by atoms with van der Waals surface area (Å²) in [6.07, 6.45) is 9.13. The molecule has 2 heteroatoms. The van der Waals surface area contributed by atoms with E-state index in [4.69, 9.17) is 0 Å². The summed E-state index contributed by atoms with van der Waals surface area (Å²) in [5.41, 5.74) is 2.56. The largest absolute Gasteiger partial charge is 0.314 e. The first-order valence-corrected chi connectivity index (χ1v) is 7.47. The van der Waals surface area contributed by atoms with E-state index in [2.05, 4.69) is 43.2 Å².